The summed E-state index contributed by atoms with van der Waals surface area (Å²) in [7, 11) is 1.28. The molecule has 0 bridgehead atoms. The number of amides is 1. The molecule has 0 N–H and O–H groups in total. The third-order valence-corrected chi connectivity index (χ3v) is 5.21. The van der Waals surface area contributed by atoms with E-state index < -0.39 is 5.97 Å². The van der Waals surface area contributed by atoms with Crippen LogP contribution in [0.5, 0.6) is 11.5 Å². The SMILES string of the molecule is COC(=O)CC(=O)N1CCN(c2nccc(-c3ccc(Oc4ccccc4)cc3)n2)CC1. The maximum Gasteiger partial charge on any atom is 0.315 e. The number of anilines is 1. The lowest BCUT2D eigenvalue weighted by Gasteiger charge is -2.34. The largest absolute Gasteiger partial charge is 0.469 e. The molecule has 32 heavy (non-hydrogen) atoms. The average Bonchev–Trinajstić information content (AvgIpc) is 2.85. The molecule has 8 nitrogen and oxygen atoms in total. The number of benzene rings is 2. The van der Waals surface area contributed by atoms with Gasteiger partial charge in [-0.15, -0.1) is 0 Å². The quantitative estimate of drug-likeness (QED) is 0.437. The molecule has 3 aromatic rings. The molecule has 0 aliphatic carbocycles. The first-order chi connectivity index (χ1) is 15.6. The number of nitrogens with zero attached hydrogens (tertiary/aromatic N) is 4. The first-order valence-electron chi connectivity index (χ1n) is 10.4. The van der Waals surface area contributed by atoms with Crippen LogP contribution >= 0.6 is 0 Å². The Kier molecular flexibility index (Phi) is 6.60. The number of esters is 1. The van der Waals surface area contributed by atoms with Crippen LogP contribution in [0.2, 0.25) is 0 Å². The maximum atomic E-state index is 12.2. The predicted molar refractivity (Wildman–Crippen MR) is 119 cm³/mol. The van der Waals surface area contributed by atoms with E-state index in [0.29, 0.717) is 32.1 Å². The highest BCUT2D eigenvalue weighted by Crippen LogP contribution is 2.25. The van der Waals surface area contributed by atoms with Crippen LogP contribution in [0.4, 0.5) is 5.95 Å². The van der Waals surface area contributed by atoms with Crippen molar-refractivity contribution in [1.82, 2.24) is 14.9 Å². The van der Waals surface area contributed by atoms with Crippen LogP contribution in [0.3, 0.4) is 0 Å². The van der Waals surface area contributed by atoms with Crippen molar-refractivity contribution in [2.45, 2.75) is 6.42 Å². The van der Waals surface area contributed by atoms with E-state index in [2.05, 4.69) is 9.72 Å². The molecule has 2 heterocycles. The van der Waals surface area contributed by atoms with Gasteiger partial charge < -0.3 is 19.3 Å². The zero-order valence-corrected chi connectivity index (χ0v) is 17.8. The first kappa shape index (κ1) is 21.3. The standard InChI is InChI=1S/C24H24N4O4/c1-31-23(30)17-22(29)27-13-15-28(16-14-27)24-25-12-11-21(26-24)18-7-9-20(10-8-18)32-19-5-3-2-4-6-19/h2-12H,13-17H2,1H3. The summed E-state index contributed by atoms with van der Waals surface area (Å²) in [6, 6.07) is 19.3. The van der Waals surface area contributed by atoms with E-state index in [9.17, 15) is 9.59 Å². The second kappa shape index (κ2) is 9.91. The summed E-state index contributed by atoms with van der Waals surface area (Å²) in [6.45, 7) is 2.21. The zero-order chi connectivity index (χ0) is 22.3. The lowest BCUT2D eigenvalue weighted by Crippen LogP contribution is -2.49. The van der Waals surface area contributed by atoms with E-state index in [0.717, 1.165) is 22.8 Å². The van der Waals surface area contributed by atoms with Crippen molar-refractivity contribution in [1.29, 1.82) is 0 Å². The van der Waals surface area contributed by atoms with Crippen molar-refractivity contribution < 1.29 is 19.1 Å². The molecule has 0 atom stereocenters. The van der Waals surface area contributed by atoms with Gasteiger partial charge in [0.2, 0.25) is 11.9 Å². The number of piperazine rings is 1. The third-order valence-electron chi connectivity index (χ3n) is 5.21. The predicted octanol–water partition coefficient (Wildman–Crippen LogP) is 3.15. The number of aromatic nitrogens is 2. The molecule has 2 aromatic carbocycles. The highest BCUT2D eigenvalue weighted by atomic mass is 16.5. The number of carbonyl (C=O) groups excluding carboxylic acids is 2. The molecule has 164 valence electrons. The molecule has 0 unspecified atom stereocenters. The molecule has 1 saturated heterocycles. The minimum atomic E-state index is -0.520. The van der Waals surface area contributed by atoms with E-state index in [1.165, 1.54) is 7.11 Å². The summed E-state index contributed by atoms with van der Waals surface area (Å²) in [4.78, 5) is 36.3. The summed E-state index contributed by atoms with van der Waals surface area (Å²) in [6.07, 6.45) is 1.51. The van der Waals surface area contributed by atoms with Gasteiger partial charge in [0.15, 0.2) is 0 Å². The number of hydrogen-bond donors (Lipinski definition) is 0. The Labute approximate surface area is 186 Å². The molecule has 4 rings (SSSR count). The van der Waals surface area contributed by atoms with Gasteiger partial charge in [0.25, 0.3) is 0 Å². The summed E-state index contributed by atoms with van der Waals surface area (Å²) in [5.74, 6) is 1.42. The fraction of sp³-hybridized carbons (Fsp3) is 0.250. The Morgan fingerprint density at radius 2 is 1.59 bits per heavy atom. The minimum absolute atomic E-state index is 0.219. The molecule has 1 fully saturated rings. The van der Waals surface area contributed by atoms with Gasteiger partial charge in [-0.1, -0.05) is 18.2 Å². The van der Waals surface area contributed by atoms with Gasteiger partial charge in [-0.3, -0.25) is 9.59 Å². The second-order valence-electron chi connectivity index (χ2n) is 7.30. The van der Waals surface area contributed by atoms with Crippen LogP contribution in [0.25, 0.3) is 11.3 Å². The summed E-state index contributed by atoms with van der Waals surface area (Å²) in [5, 5.41) is 0. The number of carbonyl (C=O) groups is 2. The van der Waals surface area contributed by atoms with Gasteiger partial charge in [-0.25, -0.2) is 9.97 Å². The normalized spacial score (nSPS) is 13.5. The number of hydrogen-bond acceptors (Lipinski definition) is 7. The highest BCUT2D eigenvalue weighted by Gasteiger charge is 2.24. The van der Waals surface area contributed by atoms with Crippen LogP contribution in [-0.2, 0) is 14.3 Å². The van der Waals surface area contributed by atoms with E-state index >= 15 is 0 Å². The molecule has 8 heteroatoms. The smallest absolute Gasteiger partial charge is 0.315 e. The van der Waals surface area contributed by atoms with Gasteiger partial charge in [0.05, 0.1) is 12.8 Å². The van der Waals surface area contributed by atoms with Gasteiger partial charge in [-0.05, 0) is 42.5 Å². The second-order valence-corrected chi connectivity index (χ2v) is 7.30. The molecular formula is C24H24N4O4. The van der Waals surface area contributed by atoms with E-state index in [-0.39, 0.29) is 12.3 Å². The van der Waals surface area contributed by atoms with Crippen molar-refractivity contribution in [3.63, 3.8) is 0 Å². The van der Waals surface area contributed by atoms with Gasteiger partial charge in [-0.2, -0.15) is 0 Å². The Bertz CT molecular complexity index is 1060. The lowest BCUT2D eigenvalue weighted by atomic mass is 10.1. The fourth-order valence-electron chi connectivity index (χ4n) is 3.44. The number of para-hydroxylation sites is 1. The summed E-state index contributed by atoms with van der Waals surface area (Å²) < 4.78 is 10.4. The molecular weight excluding hydrogens is 408 g/mol. The minimum Gasteiger partial charge on any atom is -0.469 e. The van der Waals surface area contributed by atoms with Crippen LogP contribution in [0.15, 0.2) is 66.9 Å². The molecule has 1 amide bonds. The maximum absolute atomic E-state index is 12.2. The van der Waals surface area contributed by atoms with Crippen molar-refractivity contribution in [3.05, 3.63) is 66.9 Å². The zero-order valence-electron chi connectivity index (χ0n) is 17.8. The summed E-state index contributed by atoms with van der Waals surface area (Å²) >= 11 is 0. The van der Waals surface area contributed by atoms with Gasteiger partial charge >= 0.3 is 5.97 Å². The summed E-state index contributed by atoms with van der Waals surface area (Å²) in [5.41, 5.74) is 1.77. The van der Waals surface area contributed by atoms with Crippen LogP contribution in [0, 0.1) is 0 Å². The number of ether oxygens (including phenoxy) is 2. The van der Waals surface area contributed by atoms with Crippen molar-refractivity contribution >= 4 is 17.8 Å². The van der Waals surface area contributed by atoms with Crippen LogP contribution in [-0.4, -0.2) is 60.0 Å². The number of rotatable bonds is 6. The lowest BCUT2D eigenvalue weighted by molar-refractivity contribution is -0.146. The van der Waals surface area contributed by atoms with Crippen molar-refractivity contribution in [2.24, 2.45) is 0 Å². The Morgan fingerprint density at radius 1 is 0.906 bits per heavy atom. The van der Waals surface area contributed by atoms with Crippen molar-refractivity contribution in [2.75, 3.05) is 38.2 Å². The van der Waals surface area contributed by atoms with Gasteiger partial charge in [0.1, 0.15) is 17.9 Å². The molecule has 0 radical (unpaired) electrons. The average molecular weight is 432 g/mol. The topological polar surface area (TPSA) is 84.9 Å². The van der Waals surface area contributed by atoms with Gasteiger partial charge in [0, 0.05) is 37.9 Å². The van der Waals surface area contributed by atoms with E-state index in [1.807, 2.05) is 65.6 Å². The van der Waals surface area contributed by atoms with Crippen molar-refractivity contribution in [3.8, 4) is 22.8 Å². The molecule has 1 aromatic heterocycles. The Hall–Kier alpha value is -3.94. The number of methoxy groups -OCH3 is 1. The molecule has 0 saturated carbocycles. The first-order valence-corrected chi connectivity index (χ1v) is 10.4. The molecule has 1 aliphatic rings. The van der Waals surface area contributed by atoms with Crippen LogP contribution < -0.4 is 9.64 Å². The molecule has 0 spiro atoms. The highest BCUT2D eigenvalue weighted by molar-refractivity contribution is 5.94. The van der Waals surface area contributed by atoms with Crippen LogP contribution in [0.1, 0.15) is 6.42 Å². The fourth-order valence-corrected chi connectivity index (χ4v) is 3.44. The van der Waals surface area contributed by atoms with E-state index in [1.54, 1.807) is 11.1 Å². The third kappa shape index (κ3) is 5.21. The van der Waals surface area contributed by atoms with E-state index in [4.69, 9.17) is 9.72 Å². The monoisotopic (exact) mass is 432 g/mol. The molecule has 1 aliphatic heterocycles. The Morgan fingerprint density at radius 3 is 2.28 bits per heavy atom. The Balaban J connectivity index is 1.39.